The molecule has 0 unspecified atom stereocenters. The minimum Gasteiger partial charge on any atom is -0.492 e. The second-order valence-corrected chi connectivity index (χ2v) is 6.84. The fraction of sp³-hybridized carbons (Fsp3) is 0.556. The molecule has 0 aromatic carbocycles. The van der Waals surface area contributed by atoms with Crippen molar-refractivity contribution in [3.05, 3.63) is 5.38 Å². The molecule has 2 rings (SSSR count). The molecule has 0 bridgehead atoms. The van der Waals surface area contributed by atoms with Crippen LogP contribution in [0.2, 0.25) is 0 Å². The highest BCUT2D eigenvalue weighted by molar-refractivity contribution is 7.91. The SMILES string of the molecule is COc1c(N)csc1S(=O)(=O)N(C)C1CC1. The number of methoxy groups -OCH3 is 1. The van der Waals surface area contributed by atoms with E-state index in [1.807, 2.05) is 0 Å². The maximum absolute atomic E-state index is 12.2. The van der Waals surface area contributed by atoms with Crippen LogP contribution in [0, 0.1) is 0 Å². The highest BCUT2D eigenvalue weighted by Gasteiger charge is 2.37. The van der Waals surface area contributed by atoms with Gasteiger partial charge in [-0.3, -0.25) is 0 Å². The number of anilines is 1. The Morgan fingerprint density at radius 2 is 2.19 bits per heavy atom. The van der Waals surface area contributed by atoms with E-state index >= 15 is 0 Å². The van der Waals surface area contributed by atoms with Gasteiger partial charge < -0.3 is 10.5 Å². The first-order valence-corrected chi connectivity index (χ1v) is 7.19. The molecule has 0 radical (unpaired) electrons. The first kappa shape index (κ1) is 11.7. The zero-order chi connectivity index (χ0) is 11.9. The second-order valence-electron chi connectivity index (χ2n) is 3.76. The lowest BCUT2D eigenvalue weighted by Crippen LogP contribution is -2.28. The fourth-order valence-corrected chi connectivity index (χ4v) is 4.42. The smallest absolute Gasteiger partial charge is 0.256 e. The van der Waals surface area contributed by atoms with Crippen molar-refractivity contribution in [2.75, 3.05) is 19.9 Å². The summed E-state index contributed by atoms with van der Waals surface area (Å²) in [6, 6.07) is 0.137. The molecule has 0 amide bonds. The Balaban J connectivity index is 2.42. The Labute approximate surface area is 98.9 Å². The van der Waals surface area contributed by atoms with Gasteiger partial charge in [0.1, 0.15) is 0 Å². The zero-order valence-corrected chi connectivity index (χ0v) is 10.8. The van der Waals surface area contributed by atoms with E-state index in [9.17, 15) is 8.42 Å². The van der Waals surface area contributed by atoms with Crippen LogP contribution in [0.1, 0.15) is 12.8 Å². The molecule has 1 fully saturated rings. The Hall–Kier alpha value is -0.790. The van der Waals surface area contributed by atoms with Crippen LogP contribution in [0.5, 0.6) is 5.75 Å². The van der Waals surface area contributed by atoms with E-state index in [1.165, 1.54) is 11.4 Å². The Morgan fingerprint density at radius 3 is 2.69 bits per heavy atom. The molecule has 1 saturated carbocycles. The van der Waals surface area contributed by atoms with Crippen LogP contribution >= 0.6 is 11.3 Å². The molecule has 1 aliphatic carbocycles. The normalized spacial score (nSPS) is 16.7. The van der Waals surface area contributed by atoms with E-state index in [-0.39, 0.29) is 16.0 Å². The summed E-state index contributed by atoms with van der Waals surface area (Å²) < 4.78 is 31.0. The van der Waals surface area contributed by atoms with Gasteiger partial charge in [0.2, 0.25) is 0 Å². The van der Waals surface area contributed by atoms with Gasteiger partial charge >= 0.3 is 0 Å². The molecule has 0 atom stereocenters. The Bertz CT molecular complexity index is 491. The fourth-order valence-electron chi connectivity index (χ4n) is 1.49. The van der Waals surface area contributed by atoms with Crippen molar-refractivity contribution in [1.29, 1.82) is 0 Å². The summed E-state index contributed by atoms with van der Waals surface area (Å²) in [6.45, 7) is 0. The Morgan fingerprint density at radius 1 is 1.56 bits per heavy atom. The highest BCUT2D eigenvalue weighted by atomic mass is 32.2. The van der Waals surface area contributed by atoms with E-state index < -0.39 is 10.0 Å². The average molecular weight is 262 g/mol. The molecule has 16 heavy (non-hydrogen) atoms. The highest BCUT2D eigenvalue weighted by Crippen LogP contribution is 2.40. The first-order chi connectivity index (χ1) is 7.48. The van der Waals surface area contributed by atoms with Gasteiger partial charge in [-0.25, -0.2) is 8.42 Å². The third-order valence-electron chi connectivity index (χ3n) is 2.62. The molecule has 2 N–H and O–H groups in total. The number of nitrogens with two attached hydrogens (primary N) is 1. The van der Waals surface area contributed by atoms with Gasteiger partial charge in [-0.05, 0) is 12.8 Å². The number of nitrogens with zero attached hydrogens (tertiary/aromatic N) is 1. The molecular weight excluding hydrogens is 248 g/mol. The molecule has 90 valence electrons. The van der Waals surface area contributed by atoms with E-state index in [1.54, 1.807) is 12.4 Å². The van der Waals surface area contributed by atoms with Crippen LogP contribution in [0.25, 0.3) is 0 Å². The minimum atomic E-state index is -3.45. The summed E-state index contributed by atoms with van der Waals surface area (Å²) in [6.07, 6.45) is 1.86. The van der Waals surface area contributed by atoms with Crippen molar-refractivity contribution >= 4 is 27.0 Å². The summed E-state index contributed by atoms with van der Waals surface area (Å²) in [5.74, 6) is 0.262. The molecule has 5 nitrogen and oxygen atoms in total. The van der Waals surface area contributed by atoms with Crippen molar-refractivity contribution in [1.82, 2.24) is 4.31 Å². The van der Waals surface area contributed by atoms with E-state index in [0.29, 0.717) is 5.69 Å². The van der Waals surface area contributed by atoms with E-state index in [0.717, 1.165) is 24.2 Å². The number of hydrogen-bond donors (Lipinski definition) is 1. The number of thiophene rings is 1. The lowest BCUT2D eigenvalue weighted by molar-refractivity contribution is 0.404. The van der Waals surface area contributed by atoms with Crippen LogP contribution in [0.3, 0.4) is 0 Å². The van der Waals surface area contributed by atoms with Gasteiger partial charge in [0.15, 0.2) is 9.96 Å². The van der Waals surface area contributed by atoms with Crippen molar-refractivity contribution in [2.45, 2.75) is 23.1 Å². The predicted octanol–water partition coefficient (Wildman–Crippen LogP) is 1.12. The average Bonchev–Trinajstić information content (AvgIpc) is 3.00. The molecule has 7 heteroatoms. The number of nitrogen functional groups attached to an aromatic ring is 1. The van der Waals surface area contributed by atoms with Crippen LogP contribution in [-0.4, -0.2) is 32.9 Å². The standard InChI is InChI=1S/C9H14N2O3S2/c1-11(6-3-4-6)16(12,13)9-8(14-2)7(10)5-15-9/h5-6H,3-4,10H2,1-2H3. The minimum absolute atomic E-state index is 0.137. The van der Waals surface area contributed by atoms with Gasteiger partial charge in [-0.2, -0.15) is 4.31 Å². The summed E-state index contributed by atoms with van der Waals surface area (Å²) in [5, 5.41) is 1.59. The molecule has 0 aliphatic heterocycles. The zero-order valence-electron chi connectivity index (χ0n) is 9.13. The third kappa shape index (κ3) is 1.79. The van der Waals surface area contributed by atoms with E-state index in [4.69, 9.17) is 10.5 Å². The second kappa shape index (κ2) is 3.90. The first-order valence-electron chi connectivity index (χ1n) is 4.87. The third-order valence-corrected chi connectivity index (χ3v) is 6.02. The van der Waals surface area contributed by atoms with Crippen molar-refractivity contribution in [2.24, 2.45) is 0 Å². The van der Waals surface area contributed by atoms with Crippen LogP contribution in [-0.2, 0) is 10.0 Å². The predicted molar refractivity (Wildman–Crippen MR) is 63.3 cm³/mol. The van der Waals surface area contributed by atoms with E-state index in [2.05, 4.69) is 0 Å². The monoisotopic (exact) mass is 262 g/mol. The van der Waals surface area contributed by atoms with Crippen LogP contribution < -0.4 is 10.5 Å². The van der Waals surface area contributed by atoms with Gasteiger partial charge in [0.05, 0.1) is 12.8 Å². The summed E-state index contributed by atoms with van der Waals surface area (Å²) in [4.78, 5) is 0. The van der Waals surface area contributed by atoms with Crippen molar-refractivity contribution in [3.63, 3.8) is 0 Å². The molecule has 0 saturated heterocycles. The number of hydrogen-bond acceptors (Lipinski definition) is 5. The lowest BCUT2D eigenvalue weighted by Gasteiger charge is -2.15. The summed E-state index contributed by atoms with van der Waals surface area (Å²) in [7, 11) is -0.426. The maximum Gasteiger partial charge on any atom is 0.256 e. The van der Waals surface area contributed by atoms with Gasteiger partial charge in [-0.15, -0.1) is 11.3 Å². The quantitative estimate of drug-likeness (QED) is 0.882. The van der Waals surface area contributed by atoms with Gasteiger partial charge in [0, 0.05) is 18.5 Å². The van der Waals surface area contributed by atoms with Crippen LogP contribution in [0.4, 0.5) is 5.69 Å². The largest absolute Gasteiger partial charge is 0.492 e. The summed E-state index contributed by atoms with van der Waals surface area (Å²) >= 11 is 1.10. The lowest BCUT2D eigenvalue weighted by atomic mass is 10.5. The molecule has 1 aromatic rings. The molecule has 1 aliphatic rings. The van der Waals surface area contributed by atoms with Crippen molar-refractivity contribution < 1.29 is 13.2 Å². The topological polar surface area (TPSA) is 72.6 Å². The number of rotatable bonds is 4. The molecular formula is C9H14N2O3S2. The number of ether oxygens (including phenoxy) is 1. The van der Waals surface area contributed by atoms with Crippen molar-refractivity contribution in [3.8, 4) is 5.75 Å². The van der Waals surface area contributed by atoms with Gasteiger partial charge in [0.25, 0.3) is 10.0 Å². The number of sulfonamides is 1. The molecule has 1 heterocycles. The Kier molecular flexibility index (Phi) is 2.85. The molecule has 0 spiro atoms. The summed E-state index contributed by atoms with van der Waals surface area (Å²) in [5.41, 5.74) is 6.01. The van der Waals surface area contributed by atoms with Crippen LogP contribution in [0.15, 0.2) is 9.59 Å². The molecule has 1 aromatic heterocycles. The maximum atomic E-state index is 12.2. The van der Waals surface area contributed by atoms with Gasteiger partial charge in [-0.1, -0.05) is 0 Å².